The zero-order chi connectivity index (χ0) is 9.10. The third-order valence-corrected chi connectivity index (χ3v) is 4.90. The van der Waals surface area contributed by atoms with Gasteiger partial charge in [-0.25, -0.2) is 0 Å². The van der Waals surface area contributed by atoms with E-state index in [0.29, 0.717) is 0 Å². The predicted molar refractivity (Wildman–Crippen MR) is 59.5 cm³/mol. The molecule has 0 unspecified atom stereocenters. The minimum atomic E-state index is 0.0496. The first kappa shape index (κ1) is 9.31. The first-order valence-corrected chi connectivity index (χ1v) is 7.37. The van der Waals surface area contributed by atoms with Crippen molar-refractivity contribution in [2.45, 2.75) is 26.2 Å². The number of rotatable bonds is 3. The third-order valence-electron chi connectivity index (χ3n) is 2.34. The van der Waals surface area contributed by atoms with E-state index in [2.05, 4.69) is 35.3 Å². The molecule has 0 spiro atoms. The summed E-state index contributed by atoms with van der Waals surface area (Å²) in [5.74, 6) is 0. The van der Waals surface area contributed by atoms with Crippen LogP contribution in [-0.2, 0) is 6.42 Å². The van der Waals surface area contributed by atoms with Gasteiger partial charge in [-0.1, -0.05) is 0 Å². The van der Waals surface area contributed by atoms with Crippen LogP contribution in [0.4, 0.5) is 0 Å². The molecule has 0 saturated carbocycles. The molecule has 0 N–H and O–H groups in total. The molecule has 0 nitrogen and oxygen atoms in total. The van der Waals surface area contributed by atoms with E-state index in [1.165, 1.54) is 30.2 Å². The van der Waals surface area contributed by atoms with Crippen molar-refractivity contribution in [2.75, 3.05) is 0 Å². The van der Waals surface area contributed by atoms with Crippen LogP contribution in [0.25, 0.3) is 8.79 Å². The summed E-state index contributed by atoms with van der Waals surface area (Å²) >= 11 is 0.0496. The molecule has 0 radical (unpaired) electrons. The fourth-order valence-electron chi connectivity index (χ4n) is 1.55. The molecule has 0 aliphatic carbocycles. The summed E-state index contributed by atoms with van der Waals surface area (Å²) in [5, 5.41) is 1.50. The van der Waals surface area contributed by atoms with Gasteiger partial charge >= 0.3 is 89.3 Å². The van der Waals surface area contributed by atoms with Gasteiger partial charge in [-0.05, 0) is 0 Å². The third kappa shape index (κ3) is 2.16. The molecular weight excluding hydrogens is 272 g/mol. The fourth-order valence-corrected chi connectivity index (χ4v) is 3.75. The van der Waals surface area contributed by atoms with Crippen LogP contribution < -0.4 is 0 Å². The van der Waals surface area contributed by atoms with Gasteiger partial charge in [-0.3, -0.25) is 0 Å². The second-order valence-corrected chi connectivity index (χ2v) is 6.10. The molecule has 0 bridgehead atoms. The van der Waals surface area contributed by atoms with Crippen LogP contribution in [0.1, 0.15) is 25.3 Å². The number of hydrogen-bond acceptors (Lipinski definition) is 0. The Morgan fingerprint density at radius 2 is 2.15 bits per heavy atom. The van der Waals surface area contributed by atoms with Crippen LogP contribution in [0.15, 0.2) is 28.3 Å². The van der Waals surface area contributed by atoms with E-state index in [-0.39, 0.29) is 20.4 Å². The molecule has 1 heteroatoms. The van der Waals surface area contributed by atoms with E-state index in [1.807, 2.05) is 0 Å². The summed E-state index contributed by atoms with van der Waals surface area (Å²) in [4.78, 5) is 0. The first-order valence-electron chi connectivity index (χ1n) is 4.86. The van der Waals surface area contributed by atoms with Gasteiger partial charge in [-0.2, -0.15) is 0 Å². The maximum atomic E-state index is 2.37. The average molecular weight is 286 g/mol. The fraction of sp³-hybridized carbons (Fsp3) is 0.333. The molecule has 1 aromatic heterocycles. The summed E-state index contributed by atoms with van der Waals surface area (Å²) in [5.41, 5.74) is 1.51. The normalized spacial score (nSPS) is 10.8. The Hall–Kier alpha value is -0.250. The molecule has 0 aliphatic rings. The van der Waals surface area contributed by atoms with Crippen LogP contribution in [-0.4, -0.2) is 20.4 Å². The molecule has 2 aromatic rings. The van der Waals surface area contributed by atoms with E-state index in [0.717, 1.165) is 0 Å². The quantitative estimate of drug-likeness (QED) is 0.760. The van der Waals surface area contributed by atoms with Gasteiger partial charge in [-0.15, -0.1) is 0 Å². The summed E-state index contributed by atoms with van der Waals surface area (Å²) in [6, 6.07) is 9.32. The Balaban J connectivity index is 2.26. The van der Waals surface area contributed by atoms with E-state index >= 15 is 0 Å². The Morgan fingerprint density at radius 1 is 1.23 bits per heavy atom. The first-order chi connectivity index (χ1) is 6.40. The molecule has 1 heterocycles. The van der Waals surface area contributed by atoms with E-state index in [9.17, 15) is 0 Å². The van der Waals surface area contributed by atoms with Crippen molar-refractivity contribution in [3.05, 3.63) is 33.9 Å². The monoisotopic (exact) mass is 288 g/mol. The number of hydrogen-bond donors (Lipinski definition) is 0. The van der Waals surface area contributed by atoms with Gasteiger partial charge in [0.05, 0.1) is 0 Å². The van der Waals surface area contributed by atoms with Crippen LogP contribution >= 0.6 is 0 Å². The Bertz CT molecular complexity index is 387. The zero-order valence-electron chi connectivity index (χ0n) is 7.92. The summed E-state index contributed by atoms with van der Waals surface area (Å²) < 4.78 is 3.99. The van der Waals surface area contributed by atoms with Crippen LogP contribution in [0.3, 0.4) is 0 Å². The molecule has 13 heavy (non-hydrogen) atoms. The van der Waals surface area contributed by atoms with E-state index in [1.54, 1.807) is 3.40 Å². The van der Waals surface area contributed by atoms with Crippen LogP contribution in [0.5, 0.6) is 0 Å². The number of benzene rings is 1. The van der Waals surface area contributed by atoms with E-state index < -0.39 is 0 Å². The summed E-state index contributed by atoms with van der Waals surface area (Å²) in [7, 11) is 0. The van der Waals surface area contributed by atoms with Crippen molar-refractivity contribution in [3.63, 3.8) is 0 Å². The van der Waals surface area contributed by atoms with Gasteiger partial charge in [0.1, 0.15) is 0 Å². The Kier molecular flexibility index (Phi) is 3.09. The topological polar surface area (TPSA) is 0 Å². The molecule has 68 valence electrons. The van der Waals surface area contributed by atoms with Gasteiger partial charge in [0, 0.05) is 0 Å². The standard InChI is InChI=1S/C12H14Te/c1-2-3-4-10-5-6-12-11(9-10)7-8-13-12/h5-9H,2-4H2,1H3. The minimum absolute atomic E-state index is 0.0496. The van der Waals surface area contributed by atoms with Crippen molar-refractivity contribution < 1.29 is 0 Å². The number of fused-ring (bicyclic) bond motifs is 1. The van der Waals surface area contributed by atoms with Crippen LogP contribution in [0, 0.1) is 0 Å². The second-order valence-electron chi connectivity index (χ2n) is 3.40. The van der Waals surface area contributed by atoms with Crippen molar-refractivity contribution >= 4 is 29.2 Å². The molecular formula is C12H14Te. The number of aryl methyl sites for hydroxylation is 1. The Morgan fingerprint density at radius 3 is 3.00 bits per heavy atom. The second kappa shape index (κ2) is 4.31. The van der Waals surface area contributed by atoms with Crippen LogP contribution in [0.2, 0.25) is 0 Å². The van der Waals surface area contributed by atoms with Crippen molar-refractivity contribution in [1.82, 2.24) is 0 Å². The molecule has 0 amide bonds. The molecule has 0 aliphatic heterocycles. The molecule has 0 saturated heterocycles. The number of unbranched alkanes of at least 4 members (excludes halogenated alkanes) is 1. The van der Waals surface area contributed by atoms with Crippen molar-refractivity contribution in [1.29, 1.82) is 0 Å². The molecule has 1 aromatic carbocycles. The Labute approximate surface area is 89.2 Å². The molecule has 2 rings (SSSR count). The van der Waals surface area contributed by atoms with E-state index in [4.69, 9.17) is 0 Å². The summed E-state index contributed by atoms with van der Waals surface area (Å²) in [6.45, 7) is 2.25. The zero-order valence-corrected chi connectivity index (χ0v) is 10.2. The van der Waals surface area contributed by atoms with Gasteiger partial charge in [0.2, 0.25) is 0 Å². The van der Waals surface area contributed by atoms with Crippen molar-refractivity contribution in [2.24, 2.45) is 0 Å². The molecule has 0 atom stereocenters. The van der Waals surface area contributed by atoms with Gasteiger partial charge in [0.25, 0.3) is 0 Å². The SMILES string of the molecule is CCCCc1ccc2[te]ccc2c1. The predicted octanol–water partition coefficient (Wildman–Crippen LogP) is 3.24. The summed E-state index contributed by atoms with van der Waals surface area (Å²) in [6.07, 6.45) is 3.86. The average Bonchev–Trinajstić information content (AvgIpc) is 2.61. The van der Waals surface area contributed by atoms with Crippen molar-refractivity contribution in [3.8, 4) is 0 Å². The maximum absolute atomic E-state index is 2.37. The van der Waals surface area contributed by atoms with Gasteiger partial charge in [0.15, 0.2) is 0 Å². The molecule has 0 fully saturated rings. The van der Waals surface area contributed by atoms with Gasteiger partial charge < -0.3 is 0 Å².